The van der Waals surface area contributed by atoms with Crippen molar-refractivity contribution in [2.75, 3.05) is 26.2 Å². The Morgan fingerprint density at radius 2 is 1.27 bits per heavy atom. The number of hydrogen-bond donors (Lipinski definition) is 1. The van der Waals surface area contributed by atoms with Crippen LogP contribution in [0.1, 0.15) is 30.0 Å². The van der Waals surface area contributed by atoms with Gasteiger partial charge in [-0.1, -0.05) is 72.8 Å². The van der Waals surface area contributed by atoms with Crippen LogP contribution in [0, 0.1) is 11.8 Å². The number of hydrogen-bond acceptors (Lipinski definition) is 3. The van der Waals surface area contributed by atoms with E-state index < -0.39 is 17.8 Å². The smallest absolute Gasteiger partial charge is 0.307 e. The summed E-state index contributed by atoms with van der Waals surface area (Å²) in [5.74, 6) is -1.94. The molecule has 1 amide bonds. The van der Waals surface area contributed by atoms with E-state index >= 15 is 0 Å². The molecule has 2 aromatic carbocycles. The first-order chi connectivity index (χ1) is 14.6. The van der Waals surface area contributed by atoms with Crippen molar-refractivity contribution in [1.29, 1.82) is 0 Å². The zero-order chi connectivity index (χ0) is 20.9. The molecule has 1 aliphatic heterocycles. The highest BCUT2D eigenvalue weighted by Gasteiger charge is 2.37. The average molecular weight is 405 g/mol. The van der Waals surface area contributed by atoms with E-state index in [1.54, 1.807) is 0 Å². The van der Waals surface area contributed by atoms with Gasteiger partial charge in [0, 0.05) is 26.2 Å². The molecule has 156 valence electrons. The van der Waals surface area contributed by atoms with Crippen LogP contribution in [0.15, 0.2) is 72.8 Å². The van der Waals surface area contributed by atoms with E-state index in [0.717, 1.165) is 13.1 Å². The first-order valence-electron chi connectivity index (χ1n) is 10.7. The molecule has 0 saturated carbocycles. The second-order valence-corrected chi connectivity index (χ2v) is 8.08. The zero-order valence-corrected chi connectivity index (χ0v) is 17.1. The Kier molecular flexibility index (Phi) is 6.29. The predicted molar refractivity (Wildman–Crippen MR) is 116 cm³/mol. The minimum atomic E-state index is -0.871. The van der Waals surface area contributed by atoms with Crippen molar-refractivity contribution in [2.24, 2.45) is 11.8 Å². The van der Waals surface area contributed by atoms with Crippen LogP contribution in [-0.4, -0.2) is 53.0 Å². The monoisotopic (exact) mass is 404 g/mol. The predicted octanol–water partition coefficient (Wildman–Crippen LogP) is 3.59. The quantitative estimate of drug-likeness (QED) is 0.774. The van der Waals surface area contributed by atoms with Crippen LogP contribution in [0.4, 0.5) is 0 Å². The minimum absolute atomic E-state index is 0.0117. The summed E-state index contributed by atoms with van der Waals surface area (Å²) in [5, 5.41) is 9.51. The van der Waals surface area contributed by atoms with Crippen LogP contribution < -0.4 is 0 Å². The normalized spacial score (nSPS) is 22.2. The summed E-state index contributed by atoms with van der Waals surface area (Å²) in [5.41, 5.74) is 2.48. The number of nitrogens with zero attached hydrogens (tertiary/aromatic N) is 2. The van der Waals surface area contributed by atoms with Crippen LogP contribution in [0.3, 0.4) is 0 Å². The van der Waals surface area contributed by atoms with Crippen molar-refractivity contribution in [3.8, 4) is 0 Å². The summed E-state index contributed by atoms with van der Waals surface area (Å²) < 4.78 is 0. The van der Waals surface area contributed by atoms with Gasteiger partial charge in [0.25, 0.3) is 0 Å². The molecule has 4 rings (SSSR count). The van der Waals surface area contributed by atoms with E-state index in [4.69, 9.17) is 0 Å². The number of carboxylic acid groups (broad SMARTS) is 1. The average Bonchev–Trinajstić information content (AvgIpc) is 2.81. The lowest BCUT2D eigenvalue weighted by Crippen LogP contribution is -2.52. The van der Waals surface area contributed by atoms with Crippen molar-refractivity contribution in [3.63, 3.8) is 0 Å². The Bertz CT molecular complexity index is 850. The molecule has 0 radical (unpaired) electrons. The third-order valence-electron chi connectivity index (χ3n) is 6.29. The van der Waals surface area contributed by atoms with Gasteiger partial charge in [-0.3, -0.25) is 14.5 Å². The Hall–Kier alpha value is -2.92. The molecule has 2 atom stereocenters. The second-order valence-electron chi connectivity index (χ2n) is 8.08. The van der Waals surface area contributed by atoms with Gasteiger partial charge in [-0.15, -0.1) is 0 Å². The van der Waals surface area contributed by atoms with Gasteiger partial charge in [-0.25, -0.2) is 0 Å². The molecule has 1 saturated heterocycles. The van der Waals surface area contributed by atoms with E-state index in [0.29, 0.717) is 25.9 Å². The van der Waals surface area contributed by atoms with E-state index in [2.05, 4.69) is 53.4 Å². The standard InChI is InChI=1S/C25H28N2O3/c28-24(21-13-7-8-14-22(21)25(29)30)27-17-15-26(16-18-27)23(19-9-3-1-4-10-19)20-11-5-2-6-12-20/h1-12,21-23H,13-18H2,(H,29,30)/t21-,22+/m1/s1. The van der Waals surface area contributed by atoms with Crippen molar-refractivity contribution in [2.45, 2.75) is 18.9 Å². The van der Waals surface area contributed by atoms with Crippen molar-refractivity contribution < 1.29 is 14.7 Å². The molecular weight excluding hydrogens is 376 g/mol. The van der Waals surface area contributed by atoms with E-state index in [9.17, 15) is 14.7 Å². The molecule has 0 aromatic heterocycles. The van der Waals surface area contributed by atoms with Gasteiger partial charge in [0.15, 0.2) is 0 Å². The largest absolute Gasteiger partial charge is 0.481 e. The van der Waals surface area contributed by atoms with E-state index in [1.165, 1.54) is 11.1 Å². The van der Waals surface area contributed by atoms with Crippen LogP contribution in [0.2, 0.25) is 0 Å². The molecule has 1 aliphatic carbocycles. The first-order valence-corrected chi connectivity index (χ1v) is 10.7. The maximum Gasteiger partial charge on any atom is 0.307 e. The zero-order valence-electron chi connectivity index (χ0n) is 17.1. The number of rotatable bonds is 5. The molecule has 30 heavy (non-hydrogen) atoms. The van der Waals surface area contributed by atoms with Crippen LogP contribution in [0.25, 0.3) is 0 Å². The van der Waals surface area contributed by atoms with Crippen molar-refractivity contribution in [1.82, 2.24) is 9.80 Å². The fourth-order valence-corrected chi connectivity index (χ4v) is 4.68. The molecular formula is C25H28N2O3. The number of carboxylic acids is 1. The summed E-state index contributed by atoms with van der Waals surface area (Å²) in [7, 11) is 0. The van der Waals surface area contributed by atoms with E-state index in [-0.39, 0.29) is 11.9 Å². The number of benzene rings is 2. The summed E-state index contributed by atoms with van der Waals surface area (Å²) in [4.78, 5) is 29.0. The van der Waals surface area contributed by atoms with E-state index in [1.807, 2.05) is 29.2 Å². The lowest BCUT2D eigenvalue weighted by atomic mass is 9.82. The summed E-state index contributed by atoms with van der Waals surface area (Å²) in [6.07, 6.45) is 4.78. The van der Waals surface area contributed by atoms with Crippen molar-refractivity contribution >= 4 is 11.9 Å². The number of allylic oxidation sites excluding steroid dienone is 2. The van der Waals surface area contributed by atoms with Crippen LogP contribution in [0.5, 0.6) is 0 Å². The van der Waals surface area contributed by atoms with Gasteiger partial charge in [0.05, 0.1) is 17.9 Å². The molecule has 1 N–H and O–H groups in total. The molecule has 0 bridgehead atoms. The van der Waals surface area contributed by atoms with Crippen molar-refractivity contribution in [3.05, 3.63) is 83.9 Å². The molecule has 2 aliphatic rings. The van der Waals surface area contributed by atoms with Gasteiger partial charge in [-0.05, 0) is 24.0 Å². The lowest BCUT2D eigenvalue weighted by Gasteiger charge is -2.41. The Labute approximate surface area is 177 Å². The number of carbonyl (C=O) groups is 2. The molecule has 0 unspecified atom stereocenters. The number of piperazine rings is 1. The van der Waals surface area contributed by atoms with Crippen LogP contribution in [-0.2, 0) is 9.59 Å². The SMILES string of the molecule is O=C(O)[C@H]1CC=CC[C@H]1C(=O)N1CCN(C(c2ccccc2)c2ccccc2)CC1. The molecule has 5 nitrogen and oxygen atoms in total. The first kappa shape index (κ1) is 20.4. The maximum atomic E-state index is 13.1. The number of amides is 1. The highest BCUT2D eigenvalue weighted by Crippen LogP contribution is 2.31. The topological polar surface area (TPSA) is 60.9 Å². The Morgan fingerprint density at radius 3 is 1.77 bits per heavy atom. The van der Waals surface area contributed by atoms with Gasteiger partial charge >= 0.3 is 5.97 Å². The van der Waals surface area contributed by atoms with Crippen LogP contribution >= 0.6 is 0 Å². The molecule has 1 fully saturated rings. The summed E-state index contributed by atoms with van der Waals surface area (Å²) in [6.45, 7) is 2.78. The summed E-state index contributed by atoms with van der Waals surface area (Å²) >= 11 is 0. The van der Waals surface area contributed by atoms with Gasteiger partial charge in [0.1, 0.15) is 0 Å². The van der Waals surface area contributed by atoms with Gasteiger partial charge < -0.3 is 10.0 Å². The molecule has 0 spiro atoms. The lowest BCUT2D eigenvalue weighted by molar-refractivity contribution is -0.151. The fraction of sp³-hybridized carbons (Fsp3) is 0.360. The third kappa shape index (κ3) is 4.31. The number of aliphatic carboxylic acids is 1. The maximum absolute atomic E-state index is 13.1. The highest BCUT2D eigenvalue weighted by molar-refractivity contribution is 5.85. The third-order valence-corrected chi connectivity index (χ3v) is 6.29. The molecule has 5 heteroatoms. The molecule has 1 heterocycles. The van der Waals surface area contributed by atoms with Gasteiger partial charge in [0.2, 0.25) is 5.91 Å². The second kappa shape index (κ2) is 9.26. The summed E-state index contributed by atoms with van der Waals surface area (Å²) in [6, 6.07) is 21.1. The highest BCUT2D eigenvalue weighted by atomic mass is 16.4. The Balaban J connectivity index is 1.48. The Morgan fingerprint density at radius 1 is 0.767 bits per heavy atom. The number of carbonyl (C=O) groups excluding carboxylic acids is 1. The molecule has 2 aromatic rings. The minimum Gasteiger partial charge on any atom is -0.481 e. The van der Waals surface area contributed by atoms with Gasteiger partial charge in [-0.2, -0.15) is 0 Å². The fourth-order valence-electron chi connectivity index (χ4n) is 4.68.